The first-order valence-electron chi connectivity index (χ1n) is 6.16. The maximum Gasteiger partial charge on any atom is 0.239 e. The van der Waals surface area contributed by atoms with Crippen molar-refractivity contribution in [2.45, 2.75) is 6.30 Å². The number of alkyl halides is 1. The molecule has 1 aromatic carbocycles. The highest BCUT2D eigenvalue weighted by Gasteiger charge is 2.22. The number of oxime groups is 1. The van der Waals surface area contributed by atoms with Gasteiger partial charge in [-0.15, -0.1) is 0 Å². The van der Waals surface area contributed by atoms with Gasteiger partial charge in [0.1, 0.15) is 36.9 Å². The topological polar surface area (TPSA) is 76.1 Å². The van der Waals surface area contributed by atoms with Gasteiger partial charge >= 0.3 is 0 Å². The molecule has 1 aromatic heterocycles. The molecule has 0 radical (unpaired) electrons. The number of halogens is 2. The summed E-state index contributed by atoms with van der Waals surface area (Å²) >= 11 is 0. The van der Waals surface area contributed by atoms with E-state index in [1.807, 2.05) is 0 Å². The quantitative estimate of drug-likeness (QED) is 0.355. The molecule has 0 aliphatic heterocycles. The zero-order valence-corrected chi connectivity index (χ0v) is 11.4. The zero-order chi connectivity index (χ0) is 15.9. The highest BCUT2D eigenvalue weighted by atomic mass is 19.1. The third kappa shape index (κ3) is 3.32. The van der Waals surface area contributed by atoms with E-state index in [-0.39, 0.29) is 23.4 Å². The molecule has 0 amide bonds. The Hall–Kier alpha value is -3.08. The number of aromatic nitrogens is 3. The molecule has 0 N–H and O–H groups in total. The largest absolute Gasteiger partial charge is 0.391 e. The minimum Gasteiger partial charge on any atom is -0.391 e. The monoisotopic (exact) mass is 303 g/mol. The fourth-order valence-corrected chi connectivity index (χ4v) is 1.62. The average molecular weight is 303 g/mol. The number of nitriles is 1. The van der Waals surface area contributed by atoms with Crippen LogP contribution in [0.4, 0.5) is 8.78 Å². The normalized spacial score (nSPS) is 12.5. The maximum atomic E-state index is 14.5. The Morgan fingerprint density at radius 3 is 3.00 bits per heavy atom. The fourth-order valence-electron chi connectivity index (χ4n) is 1.62. The van der Waals surface area contributed by atoms with E-state index in [0.29, 0.717) is 0 Å². The van der Waals surface area contributed by atoms with Crippen molar-refractivity contribution in [2.75, 3.05) is 6.61 Å². The Morgan fingerprint density at radius 1 is 1.59 bits per heavy atom. The second-order valence-corrected chi connectivity index (χ2v) is 4.08. The summed E-state index contributed by atoms with van der Waals surface area (Å²) in [5.74, 6) is -0.776. The molecule has 112 valence electrons. The van der Waals surface area contributed by atoms with E-state index in [2.05, 4.69) is 21.8 Å². The van der Waals surface area contributed by atoms with E-state index in [4.69, 9.17) is 10.1 Å². The third-order valence-electron chi connectivity index (χ3n) is 2.64. The molecule has 0 aliphatic carbocycles. The van der Waals surface area contributed by atoms with Gasteiger partial charge in [-0.1, -0.05) is 23.9 Å². The molecule has 1 unspecified atom stereocenters. The SMILES string of the molecule is C=CCON=C(c1ccc(C#N)c(F)c1)C(F)n1cncn1. The molecule has 2 rings (SSSR count). The molecule has 2 aromatic rings. The highest BCUT2D eigenvalue weighted by Crippen LogP contribution is 2.19. The van der Waals surface area contributed by atoms with E-state index in [9.17, 15) is 8.78 Å². The minimum absolute atomic E-state index is 0.0618. The van der Waals surface area contributed by atoms with Gasteiger partial charge in [0.25, 0.3) is 0 Å². The molecule has 0 aliphatic rings. The van der Waals surface area contributed by atoms with Crippen LogP contribution < -0.4 is 0 Å². The van der Waals surface area contributed by atoms with E-state index in [1.165, 1.54) is 18.2 Å². The van der Waals surface area contributed by atoms with Gasteiger partial charge < -0.3 is 4.84 Å². The predicted octanol–water partition coefficient (Wildman–Crippen LogP) is 2.36. The molecule has 0 bridgehead atoms. The van der Waals surface area contributed by atoms with Crippen LogP contribution in [0.3, 0.4) is 0 Å². The van der Waals surface area contributed by atoms with Gasteiger partial charge in [0.05, 0.1) is 5.56 Å². The first-order chi connectivity index (χ1) is 10.7. The first-order valence-corrected chi connectivity index (χ1v) is 6.16. The van der Waals surface area contributed by atoms with Crippen LogP contribution in [-0.2, 0) is 4.84 Å². The van der Waals surface area contributed by atoms with Crippen LogP contribution in [0.5, 0.6) is 0 Å². The van der Waals surface area contributed by atoms with Crippen LogP contribution in [0.25, 0.3) is 0 Å². The Kier molecular flexibility index (Phi) is 4.93. The minimum atomic E-state index is -1.82. The number of benzene rings is 1. The molecule has 0 fully saturated rings. The molecular formula is C14H11F2N5O. The van der Waals surface area contributed by atoms with Gasteiger partial charge in [0.15, 0.2) is 0 Å². The van der Waals surface area contributed by atoms with E-state index in [0.717, 1.165) is 23.4 Å². The summed E-state index contributed by atoms with van der Waals surface area (Å²) in [4.78, 5) is 8.54. The molecule has 0 saturated heterocycles. The standard InChI is InChI=1S/C14H11F2N5O/c1-2-5-22-20-13(14(16)21-9-18-8-19-21)10-3-4-11(7-17)12(15)6-10/h2-4,6,8-9,14H,1,5H2. The fraction of sp³-hybridized carbons (Fsp3) is 0.143. The maximum absolute atomic E-state index is 14.5. The molecule has 8 heteroatoms. The Bertz CT molecular complexity index is 721. The molecule has 0 spiro atoms. The zero-order valence-electron chi connectivity index (χ0n) is 11.4. The van der Waals surface area contributed by atoms with E-state index >= 15 is 0 Å². The Morgan fingerprint density at radius 2 is 2.41 bits per heavy atom. The van der Waals surface area contributed by atoms with Crippen molar-refractivity contribution in [1.82, 2.24) is 14.8 Å². The van der Waals surface area contributed by atoms with Gasteiger partial charge in [-0.25, -0.2) is 18.4 Å². The first kappa shape index (κ1) is 15.3. The van der Waals surface area contributed by atoms with Gasteiger partial charge in [0.2, 0.25) is 6.30 Å². The average Bonchev–Trinajstić information content (AvgIpc) is 3.05. The lowest BCUT2D eigenvalue weighted by molar-refractivity contribution is 0.168. The summed E-state index contributed by atoms with van der Waals surface area (Å²) in [6, 6.07) is 5.32. The van der Waals surface area contributed by atoms with Gasteiger partial charge in [-0.2, -0.15) is 10.4 Å². The number of hydrogen-bond donors (Lipinski definition) is 0. The van der Waals surface area contributed by atoms with Crippen molar-refractivity contribution in [1.29, 1.82) is 5.26 Å². The summed E-state index contributed by atoms with van der Waals surface area (Å²) in [5.41, 5.74) is -0.217. The van der Waals surface area contributed by atoms with Crippen LogP contribution in [0.2, 0.25) is 0 Å². The van der Waals surface area contributed by atoms with Gasteiger partial charge in [-0.3, -0.25) is 0 Å². The van der Waals surface area contributed by atoms with Crippen molar-refractivity contribution in [3.05, 3.63) is 60.5 Å². The predicted molar refractivity (Wildman–Crippen MR) is 74.0 cm³/mol. The number of nitrogens with zero attached hydrogens (tertiary/aromatic N) is 5. The molecule has 1 heterocycles. The van der Waals surface area contributed by atoms with Crippen LogP contribution in [-0.4, -0.2) is 27.1 Å². The van der Waals surface area contributed by atoms with E-state index in [1.54, 1.807) is 6.07 Å². The molecule has 0 saturated carbocycles. The summed E-state index contributed by atoms with van der Waals surface area (Å²) in [7, 11) is 0. The second kappa shape index (κ2) is 7.08. The second-order valence-electron chi connectivity index (χ2n) is 4.08. The lowest BCUT2D eigenvalue weighted by Gasteiger charge is -2.12. The molecule has 22 heavy (non-hydrogen) atoms. The van der Waals surface area contributed by atoms with Crippen LogP contribution >= 0.6 is 0 Å². The smallest absolute Gasteiger partial charge is 0.239 e. The lowest BCUT2D eigenvalue weighted by Crippen LogP contribution is -2.18. The molecule has 1 atom stereocenters. The summed E-state index contributed by atoms with van der Waals surface area (Å²) < 4.78 is 29.1. The molecule has 6 nitrogen and oxygen atoms in total. The number of hydrogen-bond acceptors (Lipinski definition) is 5. The summed E-state index contributed by atoms with van der Waals surface area (Å²) in [6.45, 7) is 3.51. The lowest BCUT2D eigenvalue weighted by atomic mass is 10.1. The third-order valence-corrected chi connectivity index (χ3v) is 2.64. The van der Waals surface area contributed by atoms with Crippen LogP contribution in [0, 0.1) is 17.1 Å². The Balaban J connectivity index is 2.40. The summed E-state index contributed by atoms with van der Waals surface area (Å²) in [6.07, 6.45) is 1.94. The Labute approximate surface area is 125 Å². The van der Waals surface area contributed by atoms with Gasteiger partial charge in [-0.05, 0) is 12.1 Å². The highest BCUT2D eigenvalue weighted by molar-refractivity contribution is 6.02. The number of rotatable bonds is 6. The van der Waals surface area contributed by atoms with Crippen molar-refractivity contribution in [2.24, 2.45) is 5.16 Å². The van der Waals surface area contributed by atoms with Crippen molar-refractivity contribution < 1.29 is 13.6 Å². The molecular weight excluding hydrogens is 292 g/mol. The van der Waals surface area contributed by atoms with Crippen molar-refractivity contribution in [3.8, 4) is 6.07 Å². The van der Waals surface area contributed by atoms with Gasteiger partial charge in [0, 0.05) is 5.56 Å². The summed E-state index contributed by atoms with van der Waals surface area (Å²) in [5, 5.41) is 16.1. The van der Waals surface area contributed by atoms with E-state index < -0.39 is 12.1 Å². The van der Waals surface area contributed by atoms with Crippen LogP contribution in [0.1, 0.15) is 17.4 Å². The van der Waals surface area contributed by atoms with Crippen molar-refractivity contribution >= 4 is 5.71 Å². The van der Waals surface area contributed by atoms with Crippen molar-refractivity contribution in [3.63, 3.8) is 0 Å². The van der Waals surface area contributed by atoms with Crippen LogP contribution in [0.15, 0.2) is 48.7 Å².